The SMILES string of the molecule is C=C[C@@]1([S@@](=O)c2ccc(C)cc2)O[C@@H]1CCCC. The maximum atomic E-state index is 12.6. The molecule has 0 saturated carbocycles. The van der Waals surface area contributed by atoms with E-state index in [1.54, 1.807) is 6.08 Å². The van der Waals surface area contributed by atoms with Gasteiger partial charge in [-0.1, -0.05) is 44.0 Å². The zero-order valence-electron chi connectivity index (χ0n) is 11.0. The Balaban J connectivity index is 2.12. The maximum absolute atomic E-state index is 12.6. The predicted molar refractivity (Wildman–Crippen MR) is 74.9 cm³/mol. The van der Waals surface area contributed by atoms with Crippen LogP contribution in [0.1, 0.15) is 31.7 Å². The minimum absolute atomic E-state index is 0.0667. The van der Waals surface area contributed by atoms with Crippen LogP contribution in [0.4, 0.5) is 0 Å². The first-order valence-corrected chi connectivity index (χ1v) is 7.59. The molecule has 0 aromatic heterocycles. The largest absolute Gasteiger partial charge is 0.347 e. The fourth-order valence-corrected chi connectivity index (χ4v) is 3.57. The zero-order valence-corrected chi connectivity index (χ0v) is 11.8. The van der Waals surface area contributed by atoms with Crippen molar-refractivity contribution in [2.24, 2.45) is 0 Å². The van der Waals surface area contributed by atoms with E-state index in [4.69, 9.17) is 4.74 Å². The highest BCUT2D eigenvalue weighted by Crippen LogP contribution is 2.46. The van der Waals surface area contributed by atoms with Crippen LogP contribution in [0.2, 0.25) is 0 Å². The van der Waals surface area contributed by atoms with E-state index in [1.165, 1.54) is 5.56 Å². The van der Waals surface area contributed by atoms with Gasteiger partial charge in [0.1, 0.15) is 6.10 Å². The third-order valence-electron chi connectivity index (χ3n) is 3.35. The minimum Gasteiger partial charge on any atom is -0.347 e. The first kappa shape index (κ1) is 13.5. The quantitative estimate of drug-likeness (QED) is 0.580. The Kier molecular flexibility index (Phi) is 4.03. The summed E-state index contributed by atoms with van der Waals surface area (Å²) in [6.07, 6.45) is 4.97. The third-order valence-corrected chi connectivity index (χ3v) is 5.15. The fraction of sp³-hybridized carbons (Fsp3) is 0.467. The molecule has 1 fully saturated rings. The highest BCUT2D eigenvalue weighted by molar-refractivity contribution is 7.86. The molecule has 1 aromatic rings. The summed E-state index contributed by atoms with van der Waals surface area (Å²) in [5, 5.41) is 0. The molecule has 3 atom stereocenters. The lowest BCUT2D eigenvalue weighted by Gasteiger charge is -2.08. The van der Waals surface area contributed by atoms with E-state index in [9.17, 15) is 4.21 Å². The monoisotopic (exact) mass is 264 g/mol. The molecule has 1 aliphatic heterocycles. The van der Waals surface area contributed by atoms with Gasteiger partial charge in [0.05, 0.1) is 10.8 Å². The molecule has 0 radical (unpaired) electrons. The Morgan fingerprint density at radius 2 is 2.11 bits per heavy atom. The number of epoxide rings is 1. The topological polar surface area (TPSA) is 29.6 Å². The number of aryl methyl sites for hydroxylation is 1. The summed E-state index contributed by atoms with van der Waals surface area (Å²) in [6.45, 7) is 7.97. The Morgan fingerprint density at radius 3 is 2.67 bits per heavy atom. The van der Waals surface area contributed by atoms with Crippen molar-refractivity contribution >= 4 is 10.8 Å². The van der Waals surface area contributed by atoms with E-state index < -0.39 is 15.7 Å². The standard InChI is InChI=1S/C15H20O2S/c1-4-6-7-14-15(5-2,17-14)18(16)13-10-8-12(3)9-11-13/h5,8-11,14H,2,4,6-7H2,1,3H3/t14-,15+,18+/m1/s1. The smallest absolute Gasteiger partial charge is 0.191 e. The molecule has 0 bridgehead atoms. The molecule has 0 spiro atoms. The average molecular weight is 264 g/mol. The van der Waals surface area contributed by atoms with Crippen LogP contribution in [0.5, 0.6) is 0 Å². The molecule has 0 aliphatic carbocycles. The van der Waals surface area contributed by atoms with Gasteiger partial charge in [-0.15, -0.1) is 0 Å². The van der Waals surface area contributed by atoms with E-state index in [0.29, 0.717) is 0 Å². The van der Waals surface area contributed by atoms with Gasteiger partial charge in [-0.3, -0.25) is 4.21 Å². The number of hydrogen-bond donors (Lipinski definition) is 0. The summed E-state index contributed by atoms with van der Waals surface area (Å²) in [4.78, 5) is 0.171. The lowest BCUT2D eigenvalue weighted by atomic mass is 10.1. The van der Waals surface area contributed by atoms with Crippen molar-refractivity contribution in [3.63, 3.8) is 0 Å². The summed E-state index contributed by atoms with van der Waals surface area (Å²) in [5.41, 5.74) is 1.17. The van der Waals surface area contributed by atoms with Crippen LogP contribution in [-0.4, -0.2) is 15.2 Å². The van der Waals surface area contributed by atoms with Crippen LogP contribution >= 0.6 is 0 Å². The number of hydrogen-bond acceptors (Lipinski definition) is 2. The Labute approximate surface area is 112 Å². The first-order valence-electron chi connectivity index (χ1n) is 6.44. The normalized spacial score (nSPS) is 27.8. The Bertz CT molecular complexity index is 452. The van der Waals surface area contributed by atoms with E-state index >= 15 is 0 Å². The van der Waals surface area contributed by atoms with E-state index in [2.05, 4.69) is 13.5 Å². The number of unbranched alkanes of at least 4 members (excludes halogenated alkanes) is 1. The summed E-state index contributed by atoms with van der Waals surface area (Å²) >= 11 is 0. The third kappa shape index (κ3) is 2.43. The van der Waals surface area contributed by atoms with Crippen LogP contribution < -0.4 is 0 Å². The van der Waals surface area contributed by atoms with Gasteiger partial charge in [-0.25, -0.2) is 0 Å². The molecule has 3 heteroatoms. The molecule has 1 aliphatic rings. The molecule has 1 aromatic carbocycles. The van der Waals surface area contributed by atoms with Crippen LogP contribution in [0.15, 0.2) is 41.8 Å². The van der Waals surface area contributed by atoms with Crippen molar-refractivity contribution in [2.75, 3.05) is 0 Å². The molecule has 2 nitrogen and oxygen atoms in total. The average Bonchev–Trinajstić information content (AvgIpc) is 3.11. The molecular weight excluding hydrogens is 244 g/mol. The van der Waals surface area contributed by atoms with Crippen molar-refractivity contribution in [1.29, 1.82) is 0 Å². The Hall–Kier alpha value is -0.930. The highest BCUT2D eigenvalue weighted by Gasteiger charge is 2.58. The second-order valence-corrected chi connectivity index (χ2v) is 6.40. The van der Waals surface area contributed by atoms with Gasteiger partial charge in [0.15, 0.2) is 4.93 Å². The lowest BCUT2D eigenvalue weighted by molar-refractivity contribution is 0.362. The van der Waals surface area contributed by atoms with Crippen LogP contribution in [0.25, 0.3) is 0 Å². The van der Waals surface area contributed by atoms with Crippen LogP contribution in [-0.2, 0) is 15.5 Å². The van der Waals surface area contributed by atoms with Crippen LogP contribution in [0.3, 0.4) is 0 Å². The fourth-order valence-electron chi connectivity index (χ4n) is 2.10. The van der Waals surface area contributed by atoms with Gasteiger partial charge in [0, 0.05) is 4.90 Å². The summed E-state index contributed by atoms with van der Waals surface area (Å²) in [5.74, 6) is 0. The van der Waals surface area contributed by atoms with Gasteiger partial charge in [0.2, 0.25) is 0 Å². The second-order valence-electron chi connectivity index (χ2n) is 4.76. The number of rotatable bonds is 6. The van der Waals surface area contributed by atoms with Gasteiger partial charge in [0.25, 0.3) is 0 Å². The van der Waals surface area contributed by atoms with Crippen molar-refractivity contribution in [3.05, 3.63) is 42.5 Å². The molecule has 0 unspecified atom stereocenters. The molecule has 0 N–H and O–H groups in total. The lowest BCUT2D eigenvalue weighted by Crippen LogP contribution is -2.19. The molecular formula is C15H20O2S. The van der Waals surface area contributed by atoms with Crippen molar-refractivity contribution in [1.82, 2.24) is 0 Å². The van der Waals surface area contributed by atoms with Crippen molar-refractivity contribution < 1.29 is 8.95 Å². The predicted octanol–water partition coefficient (Wildman–Crippen LogP) is 3.57. The summed E-state index contributed by atoms with van der Waals surface area (Å²) in [7, 11) is -1.16. The van der Waals surface area contributed by atoms with Crippen molar-refractivity contribution in [2.45, 2.75) is 49.0 Å². The molecule has 98 valence electrons. The van der Waals surface area contributed by atoms with E-state index in [-0.39, 0.29) is 6.10 Å². The van der Waals surface area contributed by atoms with E-state index in [1.807, 2.05) is 31.2 Å². The molecule has 1 heterocycles. The Morgan fingerprint density at radius 1 is 1.44 bits per heavy atom. The molecule has 0 amide bonds. The van der Waals surface area contributed by atoms with Gasteiger partial charge >= 0.3 is 0 Å². The molecule has 18 heavy (non-hydrogen) atoms. The van der Waals surface area contributed by atoms with Crippen LogP contribution in [0, 0.1) is 6.92 Å². The minimum atomic E-state index is -1.16. The van der Waals surface area contributed by atoms with Gasteiger partial charge < -0.3 is 4.74 Å². The highest BCUT2D eigenvalue weighted by atomic mass is 32.2. The zero-order chi connectivity index (χ0) is 13.2. The molecule has 2 rings (SSSR count). The maximum Gasteiger partial charge on any atom is 0.191 e. The van der Waals surface area contributed by atoms with Crippen molar-refractivity contribution in [3.8, 4) is 0 Å². The summed E-state index contributed by atoms with van der Waals surface area (Å²) in [6, 6.07) is 7.78. The number of ether oxygens (including phenoxy) is 1. The second kappa shape index (κ2) is 5.37. The first-order chi connectivity index (χ1) is 8.64. The van der Waals surface area contributed by atoms with Gasteiger partial charge in [-0.05, 0) is 31.6 Å². The number of benzene rings is 1. The summed E-state index contributed by atoms with van der Waals surface area (Å²) < 4.78 is 18.2. The van der Waals surface area contributed by atoms with Gasteiger partial charge in [-0.2, -0.15) is 0 Å². The molecule has 1 saturated heterocycles. The van der Waals surface area contributed by atoms with E-state index in [0.717, 1.165) is 24.2 Å².